The van der Waals surface area contributed by atoms with Crippen molar-refractivity contribution >= 4 is 23.2 Å². The fraction of sp³-hybridized carbons (Fsp3) is 0.500. The number of aliphatic carboxylic acids is 1. The normalized spacial score (nSPS) is 20.7. The van der Waals surface area contributed by atoms with Crippen LogP contribution < -0.4 is 5.32 Å². The molecule has 1 fully saturated rings. The number of hydrogen-bond acceptors (Lipinski definition) is 4. The predicted octanol–water partition coefficient (Wildman–Crippen LogP) is 0.566. The second-order valence-corrected chi connectivity index (χ2v) is 5.30. The van der Waals surface area contributed by atoms with Crippen LogP contribution in [0.5, 0.6) is 0 Å². The Bertz CT molecular complexity index is 419. The molecule has 0 radical (unpaired) electrons. The van der Waals surface area contributed by atoms with Crippen LogP contribution in [0.4, 0.5) is 0 Å². The first-order valence-electron chi connectivity index (χ1n) is 5.93. The third-order valence-electron chi connectivity index (χ3n) is 3.04. The number of piperazine rings is 1. The molecule has 0 bridgehead atoms. The fourth-order valence-electron chi connectivity index (χ4n) is 2.13. The molecule has 0 spiro atoms. The van der Waals surface area contributed by atoms with Crippen LogP contribution in [0.2, 0.25) is 0 Å². The standard InChI is InChI=1S/C12H16N2O3S/c15-11(16)8-10-12(17)13-4-6-14(10)5-3-9-2-1-7-18-9/h1-2,7,10H,3-6,8H2,(H,13,17)(H,15,16). The highest BCUT2D eigenvalue weighted by molar-refractivity contribution is 7.09. The minimum atomic E-state index is -0.932. The zero-order chi connectivity index (χ0) is 13.0. The van der Waals surface area contributed by atoms with Gasteiger partial charge in [-0.2, -0.15) is 0 Å². The summed E-state index contributed by atoms with van der Waals surface area (Å²) in [6.07, 6.45) is 0.733. The summed E-state index contributed by atoms with van der Waals surface area (Å²) in [5.74, 6) is -1.10. The number of rotatable bonds is 5. The maximum Gasteiger partial charge on any atom is 0.305 e. The molecule has 1 saturated heterocycles. The van der Waals surface area contributed by atoms with E-state index in [0.717, 1.165) is 19.5 Å². The summed E-state index contributed by atoms with van der Waals surface area (Å²) in [6, 6.07) is 3.52. The third kappa shape index (κ3) is 3.30. The van der Waals surface area contributed by atoms with Crippen molar-refractivity contribution < 1.29 is 14.7 Å². The van der Waals surface area contributed by atoms with Gasteiger partial charge in [0.2, 0.25) is 5.91 Å². The van der Waals surface area contributed by atoms with Crippen molar-refractivity contribution in [3.05, 3.63) is 22.4 Å². The van der Waals surface area contributed by atoms with Gasteiger partial charge in [-0.05, 0) is 17.9 Å². The molecule has 1 atom stereocenters. The third-order valence-corrected chi connectivity index (χ3v) is 3.97. The topological polar surface area (TPSA) is 69.6 Å². The van der Waals surface area contributed by atoms with Crippen molar-refractivity contribution in [3.63, 3.8) is 0 Å². The first-order chi connectivity index (χ1) is 8.66. The van der Waals surface area contributed by atoms with E-state index < -0.39 is 12.0 Å². The number of nitrogens with zero attached hydrogens (tertiary/aromatic N) is 1. The molecule has 1 aliphatic heterocycles. The molecule has 1 aromatic heterocycles. The molecule has 5 nitrogen and oxygen atoms in total. The SMILES string of the molecule is O=C(O)CC1C(=O)NCCN1CCc1cccs1. The summed E-state index contributed by atoms with van der Waals surface area (Å²) in [5, 5.41) is 13.6. The van der Waals surface area contributed by atoms with Crippen molar-refractivity contribution in [2.75, 3.05) is 19.6 Å². The van der Waals surface area contributed by atoms with Crippen LogP contribution in [0.1, 0.15) is 11.3 Å². The molecular weight excluding hydrogens is 252 g/mol. The molecule has 0 aliphatic carbocycles. The quantitative estimate of drug-likeness (QED) is 0.819. The highest BCUT2D eigenvalue weighted by Crippen LogP contribution is 2.13. The highest BCUT2D eigenvalue weighted by Gasteiger charge is 2.31. The van der Waals surface area contributed by atoms with Gasteiger partial charge in [0.05, 0.1) is 12.5 Å². The molecule has 0 aromatic carbocycles. The van der Waals surface area contributed by atoms with Crippen LogP contribution in [-0.4, -0.2) is 47.6 Å². The number of carboxylic acid groups (broad SMARTS) is 1. The number of carboxylic acids is 1. The number of carbonyl (C=O) groups is 2. The first kappa shape index (κ1) is 13.0. The van der Waals surface area contributed by atoms with E-state index in [1.165, 1.54) is 4.88 Å². The Labute approximate surface area is 109 Å². The summed E-state index contributed by atoms with van der Waals surface area (Å²) >= 11 is 1.68. The number of nitrogens with one attached hydrogen (secondary N) is 1. The lowest BCUT2D eigenvalue weighted by Crippen LogP contribution is -2.56. The van der Waals surface area contributed by atoms with Crippen molar-refractivity contribution in [3.8, 4) is 0 Å². The van der Waals surface area contributed by atoms with Crippen molar-refractivity contribution in [1.82, 2.24) is 10.2 Å². The molecule has 6 heteroatoms. The van der Waals surface area contributed by atoms with Gasteiger partial charge in [-0.25, -0.2) is 0 Å². The zero-order valence-corrected chi connectivity index (χ0v) is 10.8. The van der Waals surface area contributed by atoms with Gasteiger partial charge in [0.25, 0.3) is 0 Å². The van der Waals surface area contributed by atoms with E-state index in [4.69, 9.17) is 5.11 Å². The average Bonchev–Trinajstić information content (AvgIpc) is 2.82. The van der Waals surface area contributed by atoms with Crippen molar-refractivity contribution in [2.24, 2.45) is 0 Å². The van der Waals surface area contributed by atoms with E-state index in [2.05, 4.69) is 11.4 Å². The second-order valence-electron chi connectivity index (χ2n) is 4.27. The van der Waals surface area contributed by atoms with Crippen LogP contribution in [-0.2, 0) is 16.0 Å². The number of carbonyl (C=O) groups excluding carboxylic acids is 1. The van der Waals surface area contributed by atoms with Crippen LogP contribution in [0, 0.1) is 0 Å². The van der Waals surface area contributed by atoms with E-state index in [0.29, 0.717) is 6.54 Å². The maximum absolute atomic E-state index is 11.7. The second kappa shape index (κ2) is 5.97. The van der Waals surface area contributed by atoms with Gasteiger partial charge < -0.3 is 10.4 Å². The Kier molecular flexibility index (Phi) is 4.33. The summed E-state index contributed by atoms with van der Waals surface area (Å²) in [5.41, 5.74) is 0. The van der Waals surface area contributed by atoms with Gasteiger partial charge in [-0.1, -0.05) is 6.07 Å². The maximum atomic E-state index is 11.7. The predicted molar refractivity (Wildman–Crippen MR) is 68.6 cm³/mol. The van der Waals surface area contributed by atoms with Crippen molar-refractivity contribution in [1.29, 1.82) is 0 Å². The van der Waals surface area contributed by atoms with Gasteiger partial charge in [0, 0.05) is 24.5 Å². The Morgan fingerprint density at radius 2 is 2.44 bits per heavy atom. The number of thiophene rings is 1. The molecule has 1 unspecified atom stereocenters. The minimum Gasteiger partial charge on any atom is -0.481 e. The highest BCUT2D eigenvalue weighted by atomic mass is 32.1. The summed E-state index contributed by atoms with van der Waals surface area (Å²) in [6.45, 7) is 2.04. The van der Waals surface area contributed by atoms with Gasteiger partial charge in [-0.15, -0.1) is 11.3 Å². The van der Waals surface area contributed by atoms with Crippen LogP contribution >= 0.6 is 11.3 Å². The molecule has 1 aromatic rings. The van der Waals surface area contributed by atoms with Gasteiger partial charge in [0.15, 0.2) is 0 Å². The Hall–Kier alpha value is -1.40. The van der Waals surface area contributed by atoms with E-state index in [9.17, 15) is 9.59 Å². The molecule has 1 amide bonds. The Morgan fingerprint density at radius 3 is 3.11 bits per heavy atom. The molecule has 2 rings (SSSR count). The molecule has 18 heavy (non-hydrogen) atoms. The minimum absolute atomic E-state index is 0.129. The summed E-state index contributed by atoms with van der Waals surface area (Å²) < 4.78 is 0. The van der Waals surface area contributed by atoms with Crippen LogP contribution in [0.15, 0.2) is 17.5 Å². The molecule has 2 heterocycles. The monoisotopic (exact) mass is 268 g/mol. The van der Waals surface area contributed by atoms with Gasteiger partial charge in [-0.3, -0.25) is 14.5 Å². The lowest BCUT2D eigenvalue weighted by atomic mass is 10.1. The summed E-state index contributed by atoms with van der Waals surface area (Å²) in [4.78, 5) is 25.7. The molecule has 2 N–H and O–H groups in total. The zero-order valence-electron chi connectivity index (χ0n) is 9.96. The van der Waals surface area contributed by atoms with Gasteiger partial charge in [0.1, 0.15) is 0 Å². The van der Waals surface area contributed by atoms with E-state index >= 15 is 0 Å². The van der Waals surface area contributed by atoms with E-state index in [1.54, 1.807) is 11.3 Å². The van der Waals surface area contributed by atoms with E-state index in [-0.39, 0.29) is 12.3 Å². The first-order valence-corrected chi connectivity index (χ1v) is 6.80. The molecule has 98 valence electrons. The lowest BCUT2D eigenvalue weighted by molar-refractivity contribution is -0.143. The Balaban J connectivity index is 1.94. The fourth-order valence-corrected chi connectivity index (χ4v) is 2.82. The molecule has 1 aliphatic rings. The number of amides is 1. The van der Waals surface area contributed by atoms with E-state index in [1.807, 2.05) is 16.3 Å². The average molecular weight is 268 g/mol. The molecule has 0 saturated carbocycles. The number of hydrogen-bond donors (Lipinski definition) is 2. The van der Waals surface area contributed by atoms with Crippen molar-refractivity contribution in [2.45, 2.75) is 18.9 Å². The Morgan fingerprint density at radius 1 is 1.61 bits per heavy atom. The van der Waals surface area contributed by atoms with Gasteiger partial charge >= 0.3 is 5.97 Å². The molecular formula is C12H16N2O3S. The summed E-state index contributed by atoms with van der Waals surface area (Å²) in [7, 11) is 0. The smallest absolute Gasteiger partial charge is 0.305 e. The van der Waals surface area contributed by atoms with Crippen LogP contribution in [0.3, 0.4) is 0 Å². The van der Waals surface area contributed by atoms with Crippen LogP contribution in [0.25, 0.3) is 0 Å². The largest absolute Gasteiger partial charge is 0.481 e. The lowest BCUT2D eigenvalue weighted by Gasteiger charge is -2.34.